The first-order valence-corrected chi connectivity index (χ1v) is 11.0. The van der Waals surface area contributed by atoms with Crippen LogP contribution in [0, 0.1) is 5.92 Å². The molecule has 1 aromatic carbocycles. The van der Waals surface area contributed by atoms with E-state index in [-0.39, 0.29) is 17.9 Å². The maximum Gasteiger partial charge on any atom is 0.255 e. The fourth-order valence-electron chi connectivity index (χ4n) is 3.55. The number of nitrogens with one attached hydrogen (secondary N) is 1. The van der Waals surface area contributed by atoms with E-state index in [2.05, 4.69) is 5.32 Å². The molecule has 154 valence electrons. The number of rotatable bonds is 7. The fraction of sp³-hybridized carbons (Fsp3) is 0.455. The number of benzene rings is 1. The molecule has 0 radical (unpaired) electrons. The third kappa shape index (κ3) is 4.90. The summed E-state index contributed by atoms with van der Waals surface area (Å²) in [5.41, 5.74) is 0.470. The number of carbonyl (C=O) groups is 2. The van der Waals surface area contributed by atoms with E-state index in [0.29, 0.717) is 29.5 Å². The summed E-state index contributed by atoms with van der Waals surface area (Å²) >= 11 is 1.61. The number of hydrogen-bond acceptors (Lipinski definition) is 5. The lowest BCUT2D eigenvalue weighted by atomic mass is 10.1. The molecule has 1 saturated carbocycles. The van der Waals surface area contributed by atoms with Gasteiger partial charge in [0.15, 0.2) is 0 Å². The van der Waals surface area contributed by atoms with E-state index in [1.54, 1.807) is 36.6 Å². The molecular formula is C22H26N2O4S. The van der Waals surface area contributed by atoms with Gasteiger partial charge < -0.3 is 19.7 Å². The molecule has 0 unspecified atom stereocenters. The van der Waals surface area contributed by atoms with Gasteiger partial charge in [0.1, 0.15) is 17.6 Å². The second kappa shape index (κ2) is 8.86. The SMILES string of the molecule is COc1ccc(OC2CCN(C(=O)C3CC3)CC2)c(C(=O)NCc2cccs2)c1. The molecule has 0 spiro atoms. The summed E-state index contributed by atoms with van der Waals surface area (Å²) in [6.07, 6.45) is 3.62. The summed E-state index contributed by atoms with van der Waals surface area (Å²) in [6.45, 7) is 1.92. The van der Waals surface area contributed by atoms with E-state index in [4.69, 9.17) is 9.47 Å². The normalized spacial score (nSPS) is 17.1. The second-order valence-corrected chi connectivity index (χ2v) is 8.57. The average Bonchev–Trinajstić information content (AvgIpc) is 3.47. The van der Waals surface area contributed by atoms with Crippen LogP contribution in [0.3, 0.4) is 0 Å². The van der Waals surface area contributed by atoms with Crippen molar-refractivity contribution >= 4 is 23.2 Å². The number of thiophene rings is 1. The molecule has 2 fully saturated rings. The molecule has 1 N–H and O–H groups in total. The van der Waals surface area contributed by atoms with Crippen molar-refractivity contribution < 1.29 is 19.1 Å². The predicted octanol–water partition coefficient (Wildman–Crippen LogP) is 3.47. The third-order valence-corrected chi connectivity index (χ3v) is 6.28. The van der Waals surface area contributed by atoms with E-state index in [1.165, 1.54) is 0 Å². The van der Waals surface area contributed by atoms with Crippen LogP contribution < -0.4 is 14.8 Å². The summed E-state index contributed by atoms with van der Waals surface area (Å²) in [4.78, 5) is 28.1. The van der Waals surface area contributed by atoms with E-state index in [9.17, 15) is 9.59 Å². The van der Waals surface area contributed by atoms with E-state index >= 15 is 0 Å². The average molecular weight is 415 g/mol. The maximum absolute atomic E-state index is 12.8. The Morgan fingerprint density at radius 3 is 2.62 bits per heavy atom. The minimum Gasteiger partial charge on any atom is -0.497 e. The highest BCUT2D eigenvalue weighted by atomic mass is 32.1. The van der Waals surface area contributed by atoms with Gasteiger partial charge in [0.25, 0.3) is 5.91 Å². The van der Waals surface area contributed by atoms with Crippen molar-refractivity contribution in [1.82, 2.24) is 10.2 Å². The molecule has 0 atom stereocenters. The first kappa shape index (κ1) is 19.8. The van der Waals surface area contributed by atoms with Crippen molar-refractivity contribution in [3.05, 3.63) is 46.2 Å². The summed E-state index contributed by atoms with van der Waals surface area (Å²) in [7, 11) is 1.58. The fourth-order valence-corrected chi connectivity index (χ4v) is 4.20. The number of nitrogens with zero attached hydrogens (tertiary/aromatic N) is 1. The highest BCUT2D eigenvalue weighted by Crippen LogP contribution is 2.33. The van der Waals surface area contributed by atoms with Gasteiger partial charge in [-0.2, -0.15) is 0 Å². The van der Waals surface area contributed by atoms with Crippen molar-refractivity contribution in [3.63, 3.8) is 0 Å². The molecule has 1 saturated heterocycles. The number of carbonyl (C=O) groups excluding carboxylic acids is 2. The van der Waals surface area contributed by atoms with Crippen molar-refractivity contribution in [1.29, 1.82) is 0 Å². The highest BCUT2D eigenvalue weighted by Gasteiger charge is 2.35. The standard InChI is InChI=1S/C22H26N2O4S/c1-27-17-6-7-20(19(13-17)21(25)23-14-18-3-2-12-29-18)28-16-8-10-24(11-9-16)22(26)15-4-5-15/h2-3,6-7,12-13,15-16H,4-5,8-11,14H2,1H3,(H,23,25). The minimum atomic E-state index is -0.186. The number of likely N-dealkylation sites (tertiary alicyclic amines) is 1. The monoisotopic (exact) mass is 414 g/mol. The number of amides is 2. The van der Waals surface area contributed by atoms with Crippen LogP contribution in [0.4, 0.5) is 0 Å². The van der Waals surface area contributed by atoms with Crippen LogP contribution in [-0.2, 0) is 11.3 Å². The quantitative estimate of drug-likeness (QED) is 0.753. The van der Waals surface area contributed by atoms with E-state index in [1.807, 2.05) is 22.4 Å². The molecule has 2 aromatic rings. The van der Waals surface area contributed by atoms with Crippen LogP contribution in [0.2, 0.25) is 0 Å². The van der Waals surface area contributed by atoms with Crippen LogP contribution >= 0.6 is 11.3 Å². The summed E-state index contributed by atoms with van der Waals surface area (Å²) < 4.78 is 11.5. The molecule has 7 heteroatoms. The largest absolute Gasteiger partial charge is 0.497 e. The van der Waals surface area contributed by atoms with Crippen molar-refractivity contribution in [2.75, 3.05) is 20.2 Å². The zero-order valence-electron chi connectivity index (χ0n) is 16.6. The number of methoxy groups -OCH3 is 1. The van der Waals surface area contributed by atoms with Gasteiger partial charge in [-0.3, -0.25) is 9.59 Å². The van der Waals surface area contributed by atoms with Crippen LogP contribution in [0.25, 0.3) is 0 Å². The lowest BCUT2D eigenvalue weighted by Gasteiger charge is -2.32. The second-order valence-electron chi connectivity index (χ2n) is 7.54. The molecule has 2 amide bonds. The van der Waals surface area contributed by atoms with Gasteiger partial charge in [0.05, 0.1) is 19.2 Å². The van der Waals surface area contributed by atoms with Gasteiger partial charge >= 0.3 is 0 Å². The predicted molar refractivity (Wildman–Crippen MR) is 111 cm³/mol. The van der Waals surface area contributed by atoms with Gasteiger partial charge in [-0.05, 0) is 42.5 Å². The zero-order chi connectivity index (χ0) is 20.2. The Bertz CT molecular complexity index is 856. The Hall–Kier alpha value is -2.54. The zero-order valence-corrected chi connectivity index (χ0v) is 17.4. The van der Waals surface area contributed by atoms with Gasteiger partial charge in [0.2, 0.25) is 5.91 Å². The molecular weight excluding hydrogens is 388 g/mol. The summed E-state index contributed by atoms with van der Waals surface area (Å²) in [5, 5.41) is 4.94. The Morgan fingerprint density at radius 2 is 1.97 bits per heavy atom. The van der Waals surface area contributed by atoms with Crippen LogP contribution in [0.15, 0.2) is 35.7 Å². The summed E-state index contributed by atoms with van der Waals surface area (Å²) in [6, 6.07) is 9.26. The van der Waals surface area contributed by atoms with Gasteiger partial charge in [-0.25, -0.2) is 0 Å². The molecule has 0 bridgehead atoms. The summed E-state index contributed by atoms with van der Waals surface area (Å²) in [5.74, 6) is 1.54. The molecule has 2 heterocycles. The third-order valence-electron chi connectivity index (χ3n) is 5.41. The molecule has 6 nitrogen and oxygen atoms in total. The molecule has 4 rings (SSSR count). The maximum atomic E-state index is 12.8. The van der Waals surface area contributed by atoms with Crippen molar-refractivity contribution in [2.24, 2.45) is 5.92 Å². The molecule has 1 aliphatic carbocycles. The molecule has 2 aliphatic rings. The number of hydrogen-bond donors (Lipinski definition) is 1. The van der Waals surface area contributed by atoms with Gasteiger partial charge in [-0.15, -0.1) is 11.3 Å². The topological polar surface area (TPSA) is 67.9 Å². The Kier molecular flexibility index (Phi) is 6.04. The highest BCUT2D eigenvalue weighted by molar-refractivity contribution is 7.09. The van der Waals surface area contributed by atoms with E-state index < -0.39 is 0 Å². The molecule has 29 heavy (non-hydrogen) atoms. The van der Waals surface area contributed by atoms with E-state index in [0.717, 1.165) is 43.6 Å². The lowest BCUT2D eigenvalue weighted by Crippen LogP contribution is -2.42. The van der Waals surface area contributed by atoms with Gasteiger partial charge in [0, 0.05) is 36.7 Å². The first-order valence-electron chi connectivity index (χ1n) is 10.1. The van der Waals surface area contributed by atoms with Crippen molar-refractivity contribution in [2.45, 2.75) is 38.3 Å². The number of piperidine rings is 1. The molecule has 1 aromatic heterocycles. The lowest BCUT2D eigenvalue weighted by molar-refractivity contribution is -0.134. The number of ether oxygens (including phenoxy) is 2. The Morgan fingerprint density at radius 1 is 1.17 bits per heavy atom. The van der Waals surface area contributed by atoms with Crippen LogP contribution in [0.5, 0.6) is 11.5 Å². The van der Waals surface area contributed by atoms with Crippen LogP contribution in [0.1, 0.15) is 40.9 Å². The van der Waals surface area contributed by atoms with Gasteiger partial charge in [-0.1, -0.05) is 6.07 Å². The first-order chi connectivity index (χ1) is 14.1. The Labute approximate surface area is 174 Å². The minimum absolute atomic E-state index is 0.00417. The Balaban J connectivity index is 1.40. The van der Waals surface area contributed by atoms with Crippen LogP contribution in [-0.4, -0.2) is 43.0 Å². The smallest absolute Gasteiger partial charge is 0.255 e. The molecule has 1 aliphatic heterocycles. The van der Waals surface area contributed by atoms with Crippen molar-refractivity contribution in [3.8, 4) is 11.5 Å².